The van der Waals surface area contributed by atoms with Crippen LogP contribution >= 0.6 is 11.8 Å². The maximum absolute atomic E-state index is 12.5. The predicted octanol–water partition coefficient (Wildman–Crippen LogP) is 3.79. The van der Waals surface area contributed by atoms with Gasteiger partial charge in [0.1, 0.15) is 0 Å². The summed E-state index contributed by atoms with van der Waals surface area (Å²) in [6.45, 7) is 1.89. The summed E-state index contributed by atoms with van der Waals surface area (Å²) in [6.07, 6.45) is 5.77. The number of nitrogens with one attached hydrogen (secondary N) is 1. The first-order valence-electron chi connectivity index (χ1n) is 8.60. The summed E-state index contributed by atoms with van der Waals surface area (Å²) in [5.41, 5.74) is 1.74. The predicted molar refractivity (Wildman–Crippen MR) is 102 cm³/mol. The highest BCUT2D eigenvalue weighted by molar-refractivity contribution is 8.00. The lowest BCUT2D eigenvalue weighted by Gasteiger charge is -2.13. The van der Waals surface area contributed by atoms with Crippen molar-refractivity contribution < 1.29 is 4.79 Å². The van der Waals surface area contributed by atoms with Crippen LogP contribution in [0.4, 0.5) is 5.69 Å². The highest BCUT2D eigenvalue weighted by Gasteiger charge is 2.31. The number of thioether (sulfide) groups is 1. The smallest absolute Gasteiger partial charge is 0.237 e. The number of amides is 1. The number of carbonyl (C=O) groups excluding carboxylic acids is 1. The van der Waals surface area contributed by atoms with Crippen LogP contribution in [0.25, 0.3) is 11.4 Å². The van der Waals surface area contributed by atoms with Gasteiger partial charge in [0.2, 0.25) is 5.91 Å². The van der Waals surface area contributed by atoms with Crippen molar-refractivity contribution in [1.82, 2.24) is 19.7 Å². The lowest BCUT2D eigenvalue weighted by atomic mass is 10.3. The van der Waals surface area contributed by atoms with E-state index in [9.17, 15) is 4.79 Å². The molecule has 26 heavy (non-hydrogen) atoms. The molecule has 1 fully saturated rings. The summed E-state index contributed by atoms with van der Waals surface area (Å²) in [5.74, 6) is 0.772. The van der Waals surface area contributed by atoms with E-state index in [1.807, 2.05) is 49.4 Å². The molecule has 1 aliphatic rings. The van der Waals surface area contributed by atoms with Crippen LogP contribution < -0.4 is 5.32 Å². The van der Waals surface area contributed by atoms with E-state index >= 15 is 0 Å². The van der Waals surface area contributed by atoms with Crippen molar-refractivity contribution in [2.45, 2.75) is 36.2 Å². The van der Waals surface area contributed by atoms with Crippen LogP contribution in [0.15, 0.2) is 60.0 Å². The minimum absolute atomic E-state index is 0.0468. The maximum atomic E-state index is 12.5. The molecule has 1 N–H and O–H groups in total. The van der Waals surface area contributed by atoms with Gasteiger partial charge in [-0.3, -0.25) is 14.3 Å². The topological polar surface area (TPSA) is 72.7 Å². The van der Waals surface area contributed by atoms with Gasteiger partial charge in [-0.15, -0.1) is 10.2 Å². The van der Waals surface area contributed by atoms with Gasteiger partial charge in [-0.2, -0.15) is 0 Å². The SMILES string of the molecule is C[C@@H](Sc1nnc(-c2cccnc2)n1C1CC1)C(=O)Nc1ccccc1. The van der Waals surface area contributed by atoms with E-state index in [4.69, 9.17) is 0 Å². The van der Waals surface area contributed by atoms with E-state index in [1.54, 1.807) is 12.4 Å². The summed E-state index contributed by atoms with van der Waals surface area (Å²) in [6, 6.07) is 13.8. The van der Waals surface area contributed by atoms with Gasteiger partial charge in [-0.1, -0.05) is 30.0 Å². The number of carbonyl (C=O) groups is 1. The van der Waals surface area contributed by atoms with E-state index in [0.29, 0.717) is 6.04 Å². The zero-order valence-corrected chi connectivity index (χ0v) is 15.2. The van der Waals surface area contributed by atoms with Gasteiger partial charge in [0, 0.05) is 29.7 Å². The summed E-state index contributed by atoms with van der Waals surface area (Å²) in [4.78, 5) is 16.7. The molecule has 0 saturated heterocycles. The third-order valence-electron chi connectivity index (χ3n) is 4.19. The van der Waals surface area contributed by atoms with Crippen LogP contribution in [0, 0.1) is 0 Å². The molecule has 4 rings (SSSR count). The molecule has 1 aromatic carbocycles. The molecule has 0 spiro atoms. The zero-order chi connectivity index (χ0) is 17.9. The second-order valence-corrected chi connectivity index (χ2v) is 7.57. The number of benzene rings is 1. The molecule has 2 heterocycles. The fourth-order valence-electron chi connectivity index (χ4n) is 2.69. The fraction of sp³-hybridized carbons (Fsp3) is 0.263. The quantitative estimate of drug-likeness (QED) is 0.673. The summed E-state index contributed by atoms with van der Waals surface area (Å²) in [5, 5.41) is 12.2. The fourth-order valence-corrected chi connectivity index (χ4v) is 3.61. The van der Waals surface area contributed by atoms with Crippen LogP contribution in [0.3, 0.4) is 0 Å². The monoisotopic (exact) mass is 365 g/mol. The Kier molecular flexibility index (Phi) is 4.71. The van der Waals surface area contributed by atoms with Crippen LogP contribution in [0.2, 0.25) is 0 Å². The van der Waals surface area contributed by atoms with Crippen LogP contribution in [0.1, 0.15) is 25.8 Å². The number of rotatable bonds is 6. The third kappa shape index (κ3) is 3.62. The summed E-state index contributed by atoms with van der Waals surface area (Å²) < 4.78 is 2.15. The van der Waals surface area contributed by atoms with Gasteiger partial charge in [0.05, 0.1) is 5.25 Å². The van der Waals surface area contributed by atoms with Gasteiger partial charge >= 0.3 is 0 Å². The standard InChI is InChI=1S/C19H19N5OS/c1-13(18(25)21-15-7-3-2-4-8-15)26-19-23-22-17(24(19)16-9-10-16)14-6-5-11-20-12-14/h2-8,11-13,16H,9-10H2,1H3,(H,21,25)/t13-/m1/s1. The Balaban J connectivity index is 1.53. The van der Waals surface area contributed by atoms with Gasteiger partial charge in [-0.05, 0) is 44.0 Å². The molecule has 1 atom stereocenters. The molecule has 132 valence electrons. The van der Waals surface area contributed by atoms with Crippen molar-refractivity contribution in [2.75, 3.05) is 5.32 Å². The Morgan fingerprint density at radius 3 is 2.69 bits per heavy atom. The molecule has 0 radical (unpaired) electrons. The first-order valence-corrected chi connectivity index (χ1v) is 9.48. The number of para-hydroxylation sites is 1. The van der Waals surface area contributed by atoms with E-state index in [-0.39, 0.29) is 11.2 Å². The molecule has 3 aromatic rings. The lowest BCUT2D eigenvalue weighted by molar-refractivity contribution is -0.115. The lowest BCUT2D eigenvalue weighted by Crippen LogP contribution is -2.22. The minimum Gasteiger partial charge on any atom is -0.325 e. The third-order valence-corrected chi connectivity index (χ3v) is 5.25. The van der Waals surface area contributed by atoms with Gasteiger partial charge in [-0.25, -0.2) is 0 Å². The Bertz CT molecular complexity index is 893. The van der Waals surface area contributed by atoms with E-state index in [0.717, 1.165) is 35.1 Å². The molecule has 1 amide bonds. The zero-order valence-electron chi connectivity index (χ0n) is 14.4. The Morgan fingerprint density at radius 2 is 2.00 bits per heavy atom. The second kappa shape index (κ2) is 7.29. The number of anilines is 1. The first-order chi connectivity index (χ1) is 12.7. The summed E-state index contributed by atoms with van der Waals surface area (Å²) in [7, 11) is 0. The Hall–Kier alpha value is -2.67. The van der Waals surface area contributed by atoms with Gasteiger partial charge in [0.15, 0.2) is 11.0 Å². The molecule has 0 bridgehead atoms. The van der Waals surface area contributed by atoms with Crippen LogP contribution in [0.5, 0.6) is 0 Å². The largest absolute Gasteiger partial charge is 0.325 e. The number of pyridine rings is 1. The van der Waals surface area contributed by atoms with Gasteiger partial charge in [0.25, 0.3) is 0 Å². The molecule has 1 aliphatic carbocycles. The maximum Gasteiger partial charge on any atom is 0.237 e. The molecule has 6 nitrogen and oxygen atoms in total. The molecule has 7 heteroatoms. The number of hydrogen-bond acceptors (Lipinski definition) is 5. The number of hydrogen-bond donors (Lipinski definition) is 1. The second-order valence-electron chi connectivity index (χ2n) is 6.26. The Labute approximate surface area is 156 Å². The highest BCUT2D eigenvalue weighted by atomic mass is 32.2. The van der Waals surface area contributed by atoms with Crippen molar-refractivity contribution in [3.8, 4) is 11.4 Å². The molecule has 0 aliphatic heterocycles. The Morgan fingerprint density at radius 1 is 1.19 bits per heavy atom. The van der Waals surface area contributed by atoms with Crippen molar-refractivity contribution in [3.05, 3.63) is 54.9 Å². The van der Waals surface area contributed by atoms with E-state index in [1.165, 1.54) is 11.8 Å². The molecular weight excluding hydrogens is 346 g/mol. The molecule has 2 aromatic heterocycles. The van der Waals surface area contributed by atoms with Crippen molar-refractivity contribution in [3.63, 3.8) is 0 Å². The highest BCUT2D eigenvalue weighted by Crippen LogP contribution is 2.41. The van der Waals surface area contributed by atoms with Crippen molar-refractivity contribution in [2.24, 2.45) is 0 Å². The van der Waals surface area contributed by atoms with Crippen molar-refractivity contribution >= 4 is 23.4 Å². The minimum atomic E-state index is -0.279. The number of nitrogens with zero attached hydrogens (tertiary/aromatic N) is 4. The normalized spacial score (nSPS) is 14.8. The van der Waals surface area contributed by atoms with Gasteiger partial charge < -0.3 is 5.32 Å². The van der Waals surface area contributed by atoms with E-state index < -0.39 is 0 Å². The van der Waals surface area contributed by atoms with E-state index in [2.05, 4.69) is 25.1 Å². The first kappa shape index (κ1) is 16.8. The average Bonchev–Trinajstić information content (AvgIpc) is 3.43. The van der Waals surface area contributed by atoms with Crippen LogP contribution in [-0.2, 0) is 4.79 Å². The molecule has 1 saturated carbocycles. The van der Waals surface area contributed by atoms with Crippen LogP contribution in [-0.4, -0.2) is 30.9 Å². The average molecular weight is 365 g/mol. The van der Waals surface area contributed by atoms with Crippen molar-refractivity contribution in [1.29, 1.82) is 0 Å². The summed E-state index contributed by atoms with van der Waals surface area (Å²) >= 11 is 1.44. The molecule has 0 unspecified atom stereocenters. The molecular formula is C19H19N5OS. The number of aromatic nitrogens is 4.